The van der Waals surface area contributed by atoms with Gasteiger partial charge in [-0.05, 0) is 41.8 Å². The number of aryl methyl sites for hydroxylation is 1. The standard InChI is InChI=1S/C19H22O5/c1-4-5-13-7-9-17(18(11-13)22-2)24-12-14-6-8-15(16(20)10-14)19(21)23-3/h6-11,20H,4-5,12H2,1-3H3. The number of hydrogen-bond donors (Lipinski definition) is 1. The third-order valence-corrected chi connectivity index (χ3v) is 3.63. The highest BCUT2D eigenvalue weighted by Crippen LogP contribution is 2.30. The van der Waals surface area contributed by atoms with E-state index in [1.54, 1.807) is 13.2 Å². The molecule has 0 heterocycles. The summed E-state index contributed by atoms with van der Waals surface area (Å²) in [5, 5.41) is 9.91. The predicted molar refractivity (Wildman–Crippen MR) is 90.8 cm³/mol. The molecule has 0 unspecified atom stereocenters. The number of methoxy groups -OCH3 is 2. The lowest BCUT2D eigenvalue weighted by Gasteiger charge is -2.13. The Balaban J connectivity index is 2.10. The molecule has 5 heteroatoms. The Morgan fingerprint density at radius 3 is 2.42 bits per heavy atom. The van der Waals surface area contributed by atoms with Gasteiger partial charge >= 0.3 is 5.97 Å². The maximum absolute atomic E-state index is 11.5. The largest absolute Gasteiger partial charge is 0.507 e. The maximum Gasteiger partial charge on any atom is 0.341 e. The molecule has 0 saturated heterocycles. The first-order valence-electron chi connectivity index (χ1n) is 7.79. The van der Waals surface area contributed by atoms with Gasteiger partial charge in [0.25, 0.3) is 0 Å². The van der Waals surface area contributed by atoms with Gasteiger partial charge < -0.3 is 19.3 Å². The van der Waals surface area contributed by atoms with Crippen LogP contribution >= 0.6 is 0 Å². The van der Waals surface area contributed by atoms with Crippen molar-refractivity contribution in [3.8, 4) is 17.2 Å². The summed E-state index contributed by atoms with van der Waals surface area (Å²) in [6, 6.07) is 10.6. The van der Waals surface area contributed by atoms with Gasteiger partial charge in [0.05, 0.1) is 14.2 Å². The number of benzene rings is 2. The molecular weight excluding hydrogens is 308 g/mol. The van der Waals surface area contributed by atoms with Gasteiger partial charge in [0, 0.05) is 0 Å². The van der Waals surface area contributed by atoms with E-state index in [1.807, 2.05) is 18.2 Å². The van der Waals surface area contributed by atoms with Crippen LogP contribution in [-0.2, 0) is 17.8 Å². The van der Waals surface area contributed by atoms with Gasteiger partial charge in [-0.15, -0.1) is 0 Å². The molecule has 0 radical (unpaired) electrons. The maximum atomic E-state index is 11.5. The van der Waals surface area contributed by atoms with Gasteiger partial charge in [-0.2, -0.15) is 0 Å². The Bertz CT molecular complexity index is 709. The van der Waals surface area contributed by atoms with Crippen molar-refractivity contribution in [2.75, 3.05) is 14.2 Å². The molecule has 5 nitrogen and oxygen atoms in total. The van der Waals surface area contributed by atoms with Gasteiger partial charge in [-0.1, -0.05) is 25.5 Å². The Kier molecular flexibility index (Phi) is 6.07. The lowest BCUT2D eigenvalue weighted by molar-refractivity contribution is 0.0597. The molecular formula is C19H22O5. The van der Waals surface area contributed by atoms with Crippen molar-refractivity contribution in [3.05, 3.63) is 53.1 Å². The zero-order valence-corrected chi connectivity index (χ0v) is 14.2. The Labute approximate surface area is 141 Å². The first-order valence-corrected chi connectivity index (χ1v) is 7.79. The third kappa shape index (κ3) is 4.19. The van der Waals surface area contributed by atoms with Gasteiger partial charge in [0.15, 0.2) is 11.5 Å². The molecule has 0 atom stereocenters. The zero-order valence-electron chi connectivity index (χ0n) is 14.2. The molecule has 0 aliphatic carbocycles. The second-order valence-corrected chi connectivity index (χ2v) is 5.37. The molecule has 0 aliphatic heterocycles. The molecule has 0 amide bonds. The number of carbonyl (C=O) groups excluding carboxylic acids is 1. The molecule has 0 aromatic heterocycles. The van der Waals surface area contributed by atoms with Crippen LogP contribution in [0.2, 0.25) is 0 Å². The summed E-state index contributed by atoms with van der Waals surface area (Å²) in [5.74, 6) is 0.603. The van der Waals surface area contributed by atoms with E-state index in [1.165, 1.54) is 24.8 Å². The molecule has 2 aromatic rings. The Morgan fingerprint density at radius 1 is 1.04 bits per heavy atom. The average Bonchev–Trinajstić information content (AvgIpc) is 2.60. The highest BCUT2D eigenvalue weighted by Gasteiger charge is 2.12. The summed E-state index contributed by atoms with van der Waals surface area (Å²) in [6.07, 6.45) is 2.05. The summed E-state index contributed by atoms with van der Waals surface area (Å²) < 4.78 is 15.8. The fraction of sp³-hybridized carbons (Fsp3) is 0.316. The van der Waals surface area contributed by atoms with E-state index >= 15 is 0 Å². The first-order chi connectivity index (χ1) is 11.6. The predicted octanol–water partition coefficient (Wildman–Crippen LogP) is 3.72. The molecule has 2 aromatic carbocycles. The highest BCUT2D eigenvalue weighted by atomic mass is 16.5. The van der Waals surface area contributed by atoms with Crippen LogP contribution in [0.1, 0.15) is 34.8 Å². The second kappa shape index (κ2) is 8.24. The summed E-state index contributed by atoms with van der Waals surface area (Å²) in [4.78, 5) is 11.5. The zero-order chi connectivity index (χ0) is 17.5. The minimum atomic E-state index is -0.576. The number of hydrogen-bond acceptors (Lipinski definition) is 5. The van der Waals surface area contributed by atoms with E-state index in [9.17, 15) is 9.90 Å². The number of carbonyl (C=O) groups is 1. The van der Waals surface area contributed by atoms with Crippen molar-refractivity contribution in [2.45, 2.75) is 26.4 Å². The SMILES string of the molecule is CCCc1ccc(OCc2ccc(C(=O)OC)c(O)c2)c(OC)c1. The molecule has 24 heavy (non-hydrogen) atoms. The van der Waals surface area contributed by atoms with Crippen LogP contribution in [0.4, 0.5) is 0 Å². The number of ether oxygens (including phenoxy) is 3. The summed E-state index contributed by atoms with van der Waals surface area (Å²) in [6.45, 7) is 2.37. The fourth-order valence-electron chi connectivity index (χ4n) is 2.39. The minimum absolute atomic E-state index is 0.128. The Hall–Kier alpha value is -2.69. The molecule has 0 spiro atoms. The normalized spacial score (nSPS) is 10.3. The average molecular weight is 330 g/mol. The number of phenolic OH excluding ortho intramolecular Hbond substituents is 1. The van der Waals surface area contributed by atoms with Crippen molar-refractivity contribution in [1.29, 1.82) is 0 Å². The van der Waals surface area contributed by atoms with E-state index in [4.69, 9.17) is 9.47 Å². The van der Waals surface area contributed by atoms with E-state index in [0.717, 1.165) is 18.4 Å². The lowest BCUT2D eigenvalue weighted by atomic mass is 10.1. The van der Waals surface area contributed by atoms with Gasteiger partial charge in [0.1, 0.15) is 17.9 Å². The van der Waals surface area contributed by atoms with E-state index < -0.39 is 5.97 Å². The lowest BCUT2D eigenvalue weighted by Crippen LogP contribution is -2.03. The van der Waals surface area contributed by atoms with Crippen LogP contribution in [0.3, 0.4) is 0 Å². The fourth-order valence-corrected chi connectivity index (χ4v) is 2.39. The topological polar surface area (TPSA) is 65.0 Å². The van der Waals surface area contributed by atoms with Crippen molar-refractivity contribution >= 4 is 5.97 Å². The molecule has 0 fully saturated rings. The third-order valence-electron chi connectivity index (χ3n) is 3.63. The first kappa shape index (κ1) is 17.7. The van der Waals surface area contributed by atoms with Crippen LogP contribution in [0, 0.1) is 0 Å². The van der Waals surface area contributed by atoms with E-state index in [2.05, 4.69) is 11.7 Å². The number of esters is 1. The van der Waals surface area contributed by atoms with Crippen LogP contribution in [0.15, 0.2) is 36.4 Å². The number of rotatable bonds is 7. The van der Waals surface area contributed by atoms with E-state index in [-0.39, 0.29) is 17.9 Å². The number of phenols is 1. The summed E-state index contributed by atoms with van der Waals surface area (Å²) in [5.41, 5.74) is 2.06. The monoisotopic (exact) mass is 330 g/mol. The molecule has 2 rings (SSSR count). The van der Waals surface area contributed by atoms with Gasteiger partial charge in [-0.25, -0.2) is 4.79 Å². The molecule has 128 valence electrons. The molecule has 0 bridgehead atoms. The van der Waals surface area contributed by atoms with Crippen LogP contribution in [0.5, 0.6) is 17.2 Å². The summed E-state index contributed by atoms with van der Waals surface area (Å²) in [7, 11) is 2.88. The smallest absolute Gasteiger partial charge is 0.341 e. The van der Waals surface area contributed by atoms with Crippen molar-refractivity contribution < 1.29 is 24.1 Å². The van der Waals surface area contributed by atoms with Gasteiger partial charge in [0.2, 0.25) is 0 Å². The quantitative estimate of drug-likeness (QED) is 0.784. The van der Waals surface area contributed by atoms with Crippen molar-refractivity contribution in [3.63, 3.8) is 0 Å². The second-order valence-electron chi connectivity index (χ2n) is 5.37. The van der Waals surface area contributed by atoms with Crippen LogP contribution in [-0.4, -0.2) is 25.3 Å². The van der Waals surface area contributed by atoms with Crippen molar-refractivity contribution in [2.24, 2.45) is 0 Å². The molecule has 0 aliphatic rings. The minimum Gasteiger partial charge on any atom is -0.507 e. The highest BCUT2D eigenvalue weighted by molar-refractivity contribution is 5.92. The van der Waals surface area contributed by atoms with E-state index in [0.29, 0.717) is 11.5 Å². The van der Waals surface area contributed by atoms with Crippen LogP contribution < -0.4 is 9.47 Å². The number of aromatic hydroxyl groups is 1. The Morgan fingerprint density at radius 2 is 1.79 bits per heavy atom. The summed E-state index contributed by atoms with van der Waals surface area (Å²) >= 11 is 0. The van der Waals surface area contributed by atoms with Crippen molar-refractivity contribution in [1.82, 2.24) is 0 Å². The van der Waals surface area contributed by atoms with Crippen LogP contribution in [0.25, 0.3) is 0 Å². The molecule has 1 N–H and O–H groups in total. The van der Waals surface area contributed by atoms with Gasteiger partial charge in [-0.3, -0.25) is 0 Å². The molecule has 0 saturated carbocycles.